The highest BCUT2D eigenvalue weighted by atomic mass is 32.2. The lowest BCUT2D eigenvalue weighted by Gasteiger charge is -2.48. The van der Waals surface area contributed by atoms with E-state index >= 15 is 0 Å². The second-order valence-corrected chi connectivity index (χ2v) is 8.82. The topological polar surface area (TPSA) is 52.7 Å². The van der Waals surface area contributed by atoms with E-state index in [9.17, 15) is 9.59 Å². The van der Waals surface area contributed by atoms with Gasteiger partial charge in [0.05, 0.1) is 0 Å². The smallest absolute Gasteiger partial charge is 0.321 e. The van der Waals surface area contributed by atoms with Crippen molar-refractivity contribution in [2.75, 3.05) is 31.2 Å². The molecule has 4 rings (SSSR count). The number of hydrogen-bond donors (Lipinski definition) is 1. The average molecular weight is 374 g/mol. The van der Waals surface area contributed by atoms with Crippen molar-refractivity contribution >= 4 is 29.4 Å². The molecule has 1 aromatic rings. The van der Waals surface area contributed by atoms with E-state index in [2.05, 4.69) is 10.2 Å². The maximum Gasteiger partial charge on any atom is 0.321 e. The summed E-state index contributed by atoms with van der Waals surface area (Å²) < 4.78 is 0. The van der Waals surface area contributed by atoms with Crippen molar-refractivity contribution < 1.29 is 9.59 Å². The van der Waals surface area contributed by atoms with Crippen LogP contribution in [0.3, 0.4) is 0 Å². The molecule has 5 nitrogen and oxygen atoms in total. The number of nitrogens with one attached hydrogen (secondary N) is 1. The van der Waals surface area contributed by atoms with E-state index < -0.39 is 0 Å². The highest BCUT2D eigenvalue weighted by Gasteiger charge is 2.46. The van der Waals surface area contributed by atoms with Crippen LogP contribution in [0.25, 0.3) is 0 Å². The SMILES string of the molecule is CSc1cccc(NC(=O)N2CCC[C@@]3(CCC(=O)N(C4CC4)C3)C2)c1. The lowest BCUT2D eigenvalue weighted by Crippen LogP contribution is -2.56. The van der Waals surface area contributed by atoms with Gasteiger partial charge in [-0.05, 0) is 56.6 Å². The summed E-state index contributed by atoms with van der Waals surface area (Å²) in [5.41, 5.74) is 0.938. The summed E-state index contributed by atoms with van der Waals surface area (Å²) in [6.07, 6.45) is 8.03. The van der Waals surface area contributed by atoms with Crippen molar-refractivity contribution in [3.05, 3.63) is 24.3 Å². The molecule has 0 aromatic heterocycles. The minimum atomic E-state index is -0.0165. The van der Waals surface area contributed by atoms with Gasteiger partial charge in [0.1, 0.15) is 0 Å². The van der Waals surface area contributed by atoms with Crippen LogP contribution in [0.1, 0.15) is 38.5 Å². The molecule has 0 radical (unpaired) electrons. The van der Waals surface area contributed by atoms with Gasteiger partial charge in [-0.1, -0.05) is 6.07 Å². The molecule has 1 aromatic carbocycles. The average Bonchev–Trinajstić information content (AvgIpc) is 3.49. The first-order valence-electron chi connectivity index (χ1n) is 9.58. The van der Waals surface area contributed by atoms with Crippen LogP contribution in [-0.2, 0) is 4.79 Å². The van der Waals surface area contributed by atoms with E-state index in [0.717, 1.165) is 62.3 Å². The van der Waals surface area contributed by atoms with Crippen molar-refractivity contribution in [2.45, 2.75) is 49.5 Å². The molecule has 1 N–H and O–H groups in total. The van der Waals surface area contributed by atoms with Crippen LogP contribution in [0.5, 0.6) is 0 Å². The van der Waals surface area contributed by atoms with Gasteiger partial charge in [-0.2, -0.15) is 0 Å². The number of thioether (sulfide) groups is 1. The number of rotatable bonds is 3. The van der Waals surface area contributed by atoms with Crippen LogP contribution in [-0.4, -0.2) is 53.7 Å². The van der Waals surface area contributed by atoms with Gasteiger partial charge in [-0.25, -0.2) is 4.79 Å². The third-order valence-electron chi connectivity index (χ3n) is 5.95. The van der Waals surface area contributed by atoms with E-state index in [1.807, 2.05) is 35.4 Å². The molecular weight excluding hydrogens is 346 g/mol. The second kappa shape index (κ2) is 7.14. The van der Waals surface area contributed by atoms with Crippen molar-refractivity contribution in [1.82, 2.24) is 9.80 Å². The number of amides is 3. The maximum absolute atomic E-state index is 12.8. The Kier molecular flexibility index (Phi) is 4.86. The predicted octanol–water partition coefficient (Wildman–Crippen LogP) is 3.81. The van der Waals surface area contributed by atoms with Gasteiger partial charge in [0, 0.05) is 48.1 Å². The summed E-state index contributed by atoms with van der Waals surface area (Å²) in [5, 5.41) is 3.06. The third kappa shape index (κ3) is 3.70. The van der Waals surface area contributed by atoms with Crippen LogP contribution >= 0.6 is 11.8 Å². The highest BCUT2D eigenvalue weighted by molar-refractivity contribution is 7.98. The molecule has 2 saturated heterocycles. The molecule has 1 atom stereocenters. The van der Waals surface area contributed by atoms with Gasteiger partial charge in [-0.3, -0.25) is 4.79 Å². The Morgan fingerprint density at radius 1 is 1.27 bits per heavy atom. The number of piperidine rings is 2. The molecule has 1 saturated carbocycles. The largest absolute Gasteiger partial charge is 0.339 e. The lowest BCUT2D eigenvalue weighted by molar-refractivity contribution is -0.139. The molecule has 2 heterocycles. The maximum atomic E-state index is 12.8. The zero-order valence-electron chi connectivity index (χ0n) is 15.4. The summed E-state index contributed by atoms with van der Waals surface area (Å²) in [7, 11) is 0. The highest BCUT2D eigenvalue weighted by Crippen LogP contribution is 2.42. The fourth-order valence-electron chi connectivity index (χ4n) is 4.38. The number of carbonyl (C=O) groups is 2. The summed E-state index contributed by atoms with van der Waals surface area (Å²) >= 11 is 1.67. The van der Waals surface area contributed by atoms with Gasteiger partial charge in [0.25, 0.3) is 0 Å². The van der Waals surface area contributed by atoms with Crippen molar-refractivity contribution in [3.8, 4) is 0 Å². The van der Waals surface area contributed by atoms with Crippen LogP contribution in [0.2, 0.25) is 0 Å². The zero-order chi connectivity index (χ0) is 18.1. The summed E-state index contributed by atoms with van der Waals surface area (Å²) in [4.78, 5) is 30.3. The third-order valence-corrected chi connectivity index (χ3v) is 6.68. The Morgan fingerprint density at radius 2 is 2.12 bits per heavy atom. The van der Waals surface area contributed by atoms with E-state index in [0.29, 0.717) is 18.4 Å². The normalized spacial score (nSPS) is 26.3. The molecule has 3 fully saturated rings. The number of carbonyl (C=O) groups excluding carboxylic acids is 2. The summed E-state index contributed by atoms with van der Waals surface area (Å²) in [6.45, 7) is 2.40. The zero-order valence-corrected chi connectivity index (χ0v) is 16.2. The van der Waals surface area contributed by atoms with E-state index in [1.54, 1.807) is 11.8 Å². The number of nitrogens with zero attached hydrogens (tertiary/aromatic N) is 2. The fraction of sp³-hybridized carbons (Fsp3) is 0.600. The Bertz CT molecular complexity index is 706. The molecule has 3 amide bonds. The van der Waals surface area contributed by atoms with Crippen LogP contribution in [0, 0.1) is 5.41 Å². The molecule has 0 unspecified atom stereocenters. The number of likely N-dealkylation sites (tertiary alicyclic amines) is 2. The molecule has 2 aliphatic heterocycles. The van der Waals surface area contributed by atoms with Crippen LogP contribution in [0.4, 0.5) is 10.5 Å². The number of hydrogen-bond acceptors (Lipinski definition) is 3. The Labute approximate surface area is 159 Å². The molecule has 1 spiro atoms. The Balaban J connectivity index is 1.42. The first kappa shape index (κ1) is 17.7. The van der Waals surface area contributed by atoms with E-state index in [1.165, 1.54) is 0 Å². The van der Waals surface area contributed by atoms with Gasteiger partial charge >= 0.3 is 6.03 Å². The number of anilines is 1. The number of urea groups is 1. The molecule has 3 aliphatic rings. The fourth-order valence-corrected chi connectivity index (χ4v) is 4.84. The van der Waals surface area contributed by atoms with Crippen LogP contribution in [0.15, 0.2) is 29.2 Å². The minimum Gasteiger partial charge on any atom is -0.339 e. The first-order valence-corrected chi connectivity index (χ1v) is 10.8. The van der Waals surface area contributed by atoms with Gasteiger partial charge in [-0.15, -0.1) is 11.8 Å². The lowest BCUT2D eigenvalue weighted by atomic mass is 9.73. The Hall–Kier alpha value is -1.69. The summed E-state index contributed by atoms with van der Waals surface area (Å²) in [6, 6.07) is 8.42. The number of benzene rings is 1. The van der Waals surface area contributed by atoms with Crippen molar-refractivity contribution in [1.29, 1.82) is 0 Å². The molecule has 1 aliphatic carbocycles. The van der Waals surface area contributed by atoms with Crippen LogP contribution < -0.4 is 5.32 Å². The van der Waals surface area contributed by atoms with Gasteiger partial charge in [0.2, 0.25) is 5.91 Å². The summed E-state index contributed by atoms with van der Waals surface area (Å²) in [5.74, 6) is 0.314. The molecule has 6 heteroatoms. The molecule has 0 bridgehead atoms. The van der Waals surface area contributed by atoms with Gasteiger partial charge < -0.3 is 15.1 Å². The van der Waals surface area contributed by atoms with E-state index in [4.69, 9.17) is 0 Å². The van der Waals surface area contributed by atoms with E-state index in [-0.39, 0.29) is 11.4 Å². The monoisotopic (exact) mass is 373 g/mol. The van der Waals surface area contributed by atoms with Gasteiger partial charge in [0.15, 0.2) is 0 Å². The predicted molar refractivity (Wildman–Crippen MR) is 104 cm³/mol. The Morgan fingerprint density at radius 3 is 2.88 bits per heavy atom. The quantitative estimate of drug-likeness (QED) is 0.820. The standard InChI is InChI=1S/C20H27N3O2S/c1-26-17-5-2-4-15(12-17)21-19(25)22-11-3-9-20(13-22)10-8-18(24)23(14-20)16-6-7-16/h2,4-5,12,16H,3,6-11,13-14H2,1H3,(H,21,25)/t20-/m1/s1. The first-order chi connectivity index (χ1) is 12.6. The minimum absolute atomic E-state index is 0.0165. The van der Waals surface area contributed by atoms with Crippen molar-refractivity contribution in [3.63, 3.8) is 0 Å². The molecule has 140 valence electrons. The molecule has 26 heavy (non-hydrogen) atoms. The molecular formula is C20H27N3O2S. The second-order valence-electron chi connectivity index (χ2n) is 7.94. The van der Waals surface area contributed by atoms with Crippen molar-refractivity contribution in [2.24, 2.45) is 5.41 Å².